The first-order chi connectivity index (χ1) is 7.83. The van der Waals surface area contributed by atoms with Gasteiger partial charge in [0.15, 0.2) is 0 Å². The van der Waals surface area contributed by atoms with Crippen LogP contribution in [0.25, 0.3) is 0 Å². The minimum Gasteiger partial charge on any atom is -0.390 e. The molecule has 2 atom stereocenters. The molecule has 16 heavy (non-hydrogen) atoms. The van der Waals surface area contributed by atoms with Crippen molar-refractivity contribution in [1.82, 2.24) is 0 Å². The predicted molar refractivity (Wildman–Crippen MR) is 64.4 cm³/mol. The molecule has 0 fully saturated rings. The lowest BCUT2D eigenvalue weighted by atomic mass is 9.92. The molecule has 1 aromatic carbocycles. The molecule has 2 heteroatoms. The van der Waals surface area contributed by atoms with Gasteiger partial charge in [0.25, 0.3) is 0 Å². The van der Waals surface area contributed by atoms with Gasteiger partial charge in [-0.25, -0.2) is 0 Å². The summed E-state index contributed by atoms with van der Waals surface area (Å²) >= 11 is 0. The Morgan fingerprint density at radius 2 is 2.25 bits per heavy atom. The van der Waals surface area contributed by atoms with Crippen LogP contribution in [0, 0.1) is 0 Å². The third kappa shape index (κ3) is 2.45. The van der Waals surface area contributed by atoms with E-state index in [9.17, 15) is 5.11 Å². The van der Waals surface area contributed by atoms with E-state index in [0.29, 0.717) is 0 Å². The second-order valence-corrected chi connectivity index (χ2v) is 4.45. The maximum absolute atomic E-state index is 10.1. The molecule has 0 radical (unpaired) electrons. The van der Waals surface area contributed by atoms with Gasteiger partial charge in [-0.05, 0) is 24.0 Å². The predicted octanol–water partition coefficient (Wildman–Crippen LogP) is 2.85. The molecular formula is C14H20O2. The van der Waals surface area contributed by atoms with Crippen molar-refractivity contribution in [1.29, 1.82) is 0 Å². The van der Waals surface area contributed by atoms with Crippen LogP contribution >= 0.6 is 0 Å². The molecular weight excluding hydrogens is 200 g/mol. The smallest absolute Gasteiger partial charge is 0.109 e. The summed E-state index contributed by atoms with van der Waals surface area (Å²) in [5.74, 6) is 0. The number of fused-ring (bicyclic) bond motifs is 1. The molecule has 88 valence electrons. The molecule has 0 bridgehead atoms. The summed E-state index contributed by atoms with van der Waals surface area (Å²) < 4.78 is 5.71. The topological polar surface area (TPSA) is 29.5 Å². The largest absolute Gasteiger partial charge is 0.390 e. The van der Waals surface area contributed by atoms with Gasteiger partial charge < -0.3 is 9.84 Å². The van der Waals surface area contributed by atoms with E-state index in [0.717, 1.165) is 32.3 Å². The van der Waals surface area contributed by atoms with Gasteiger partial charge in [-0.1, -0.05) is 44.0 Å². The molecule has 1 N–H and O–H groups in total. The van der Waals surface area contributed by atoms with Crippen LogP contribution in [0.4, 0.5) is 0 Å². The zero-order chi connectivity index (χ0) is 11.4. The van der Waals surface area contributed by atoms with E-state index in [1.807, 2.05) is 6.07 Å². The Labute approximate surface area is 97.3 Å². The van der Waals surface area contributed by atoms with Crippen molar-refractivity contribution in [2.24, 2.45) is 0 Å². The van der Waals surface area contributed by atoms with Crippen LogP contribution in [0.2, 0.25) is 0 Å². The highest BCUT2D eigenvalue weighted by atomic mass is 16.5. The average molecular weight is 220 g/mol. The molecule has 0 aliphatic carbocycles. The van der Waals surface area contributed by atoms with E-state index in [-0.39, 0.29) is 12.2 Å². The van der Waals surface area contributed by atoms with Gasteiger partial charge in [0.2, 0.25) is 0 Å². The van der Waals surface area contributed by atoms with Crippen LogP contribution in [-0.4, -0.2) is 17.8 Å². The highest BCUT2D eigenvalue weighted by Crippen LogP contribution is 2.31. The number of aliphatic hydroxyl groups excluding tert-OH is 1. The number of hydrogen-bond acceptors (Lipinski definition) is 2. The second-order valence-electron chi connectivity index (χ2n) is 4.45. The fourth-order valence-corrected chi connectivity index (χ4v) is 2.31. The number of benzene rings is 1. The number of aliphatic hydroxyl groups is 1. The van der Waals surface area contributed by atoms with Gasteiger partial charge in [-0.15, -0.1) is 0 Å². The third-order valence-electron chi connectivity index (χ3n) is 3.23. The Morgan fingerprint density at radius 3 is 3.06 bits per heavy atom. The summed E-state index contributed by atoms with van der Waals surface area (Å²) in [5.41, 5.74) is 2.51. The quantitative estimate of drug-likeness (QED) is 0.845. The third-order valence-corrected chi connectivity index (χ3v) is 3.23. The Hall–Kier alpha value is -0.860. The SMILES string of the molecule is CCCCC(O)C1OCCc2ccccc21. The van der Waals surface area contributed by atoms with Gasteiger partial charge >= 0.3 is 0 Å². The maximum atomic E-state index is 10.1. The van der Waals surface area contributed by atoms with E-state index >= 15 is 0 Å². The fourth-order valence-electron chi connectivity index (χ4n) is 2.31. The van der Waals surface area contributed by atoms with Gasteiger partial charge in [0.1, 0.15) is 6.10 Å². The van der Waals surface area contributed by atoms with Gasteiger partial charge in [-0.3, -0.25) is 0 Å². The standard InChI is InChI=1S/C14H20O2/c1-2-3-8-13(15)14-12-7-5-4-6-11(12)9-10-16-14/h4-7,13-15H,2-3,8-10H2,1H3. The number of unbranched alkanes of at least 4 members (excludes halogenated alkanes) is 1. The zero-order valence-electron chi connectivity index (χ0n) is 9.86. The van der Waals surface area contributed by atoms with Gasteiger partial charge in [-0.2, -0.15) is 0 Å². The summed E-state index contributed by atoms with van der Waals surface area (Å²) in [4.78, 5) is 0. The molecule has 2 unspecified atom stereocenters. The zero-order valence-corrected chi connectivity index (χ0v) is 9.86. The Balaban J connectivity index is 2.12. The molecule has 1 aliphatic heterocycles. The minimum absolute atomic E-state index is 0.114. The van der Waals surface area contributed by atoms with Crippen molar-refractivity contribution >= 4 is 0 Å². The van der Waals surface area contributed by atoms with Crippen molar-refractivity contribution in [2.75, 3.05) is 6.61 Å². The molecule has 0 aromatic heterocycles. The van der Waals surface area contributed by atoms with Crippen LogP contribution in [0.3, 0.4) is 0 Å². The number of hydrogen-bond donors (Lipinski definition) is 1. The number of rotatable bonds is 4. The summed E-state index contributed by atoms with van der Waals surface area (Å²) in [6.07, 6.45) is 3.50. The molecule has 1 aliphatic rings. The van der Waals surface area contributed by atoms with Crippen LogP contribution in [0.1, 0.15) is 43.4 Å². The fraction of sp³-hybridized carbons (Fsp3) is 0.571. The normalized spacial score (nSPS) is 21.5. The van der Waals surface area contributed by atoms with Crippen LogP contribution in [0.5, 0.6) is 0 Å². The molecule has 0 saturated carbocycles. The lowest BCUT2D eigenvalue weighted by Gasteiger charge is -2.29. The lowest BCUT2D eigenvalue weighted by Crippen LogP contribution is -2.26. The van der Waals surface area contributed by atoms with Crippen LogP contribution in [-0.2, 0) is 11.2 Å². The first-order valence-corrected chi connectivity index (χ1v) is 6.20. The van der Waals surface area contributed by atoms with Crippen molar-refractivity contribution in [3.8, 4) is 0 Å². The van der Waals surface area contributed by atoms with Gasteiger partial charge in [0, 0.05) is 0 Å². The monoisotopic (exact) mass is 220 g/mol. The van der Waals surface area contributed by atoms with Crippen molar-refractivity contribution in [3.05, 3.63) is 35.4 Å². The number of ether oxygens (including phenoxy) is 1. The van der Waals surface area contributed by atoms with Crippen molar-refractivity contribution < 1.29 is 9.84 Å². The van der Waals surface area contributed by atoms with Crippen LogP contribution < -0.4 is 0 Å². The summed E-state index contributed by atoms with van der Waals surface area (Å²) in [6.45, 7) is 2.87. The van der Waals surface area contributed by atoms with Crippen LogP contribution in [0.15, 0.2) is 24.3 Å². The highest BCUT2D eigenvalue weighted by Gasteiger charge is 2.26. The molecule has 0 saturated heterocycles. The van der Waals surface area contributed by atoms with Gasteiger partial charge in [0.05, 0.1) is 12.7 Å². The first kappa shape index (κ1) is 11.6. The van der Waals surface area contributed by atoms with E-state index in [1.165, 1.54) is 11.1 Å². The summed E-state index contributed by atoms with van der Waals surface area (Å²) in [5, 5.41) is 10.1. The van der Waals surface area contributed by atoms with Crippen molar-refractivity contribution in [2.45, 2.75) is 44.8 Å². The second kappa shape index (κ2) is 5.46. The lowest BCUT2D eigenvalue weighted by molar-refractivity contribution is -0.0502. The first-order valence-electron chi connectivity index (χ1n) is 6.20. The van der Waals surface area contributed by atoms with Crippen molar-refractivity contribution in [3.63, 3.8) is 0 Å². The maximum Gasteiger partial charge on any atom is 0.109 e. The van der Waals surface area contributed by atoms with E-state index in [2.05, 4.69) is 25.1 Å². The molecule has 2 rings (SSSR count). The molecule has 0 amide bonds. The molecule has 1 aromatic rings. The highest BCUT2D eigenvalue weighted by molar-refractivity contribution is 5.31. The molecule has 2 nitrogen and oxygen atoms in total. The summed E-state index contributed by atoms with van der Waals surface area (Å²) in [7, 11) is 0. The molecule has 0 spiro atoms. The van der Waals surface area contributed by atoms with E-state index in [4.69, 9.17) is 4.74 Å². The van der Waals surface area contributed by atoms with E-state index in [1.54, 1.807) is 0 Å². The van der Waals surface area contributed by atoms with E-state index < -0.39 is 0 Å². The molecule has 1 heterocycles. The average Bonchev–Trinajstić information content (AvgIpc) is 2.35. The Morgan fingerprint density at radius 1 is 1.44 bits per heavy atom. The Bertz CT molecular complexity index is 335. The summed E-state index contributed by atoms with van der Waals surface area (Å²) in [6, 6.07) is 8.29. The minimum atomic E-state index is -0.360. The Kier molecular flexibility index (Phi) is 3.97.